The first-order valence-corrected chi connectivity index (χ1v) is 4.70. The first-order valence-electron chi connectivity index (χ1n) is 4.70. The van der Waals surface area contributed by atoms with Gasteiger partial charge in [0.05, 0.1) is 0 Å². The van der Waals surface area contributed by atoms with E-state index in [0.717, 1.165) is 19.6 Å². The minimum absolute atomic E-state index is 0.647. The van der Waals surface area contributed by atoms with Gasteiger partial charge in [-0.25, -0.2) is 0 Å². The minimum atomic E-state index is 0.647. The average molecular weight is 170 g/mol. The van der Waals surface area contributed by atoms with Crippen molar-refractivity contribution >= 4 is 0 Å². The van der Waals surface area contributed by atoms with Crippen molar-refractivity contribution in [1.82, 2.24) is 10.2 Å². The number of likely N-dealkylation sites (N-methyl/N-ethyl adjacent to an activating group) is 1. The zero-order valence-corrected chi connectivity index (χ0v) is 8.80. The van der Waals surface area contributed by atoms with Gasteiger partial charge in [-0.1, -0.05) is 12.2 Å². The van der Waals surface area contributed by atoms with Crippen LogP contribution in [-0.4, -0.2) is 37.6 Å². The van der Waals surface area contributed by atoms with Gasteiger partial charge in [0, 0.05) is 25.7 Å². The fourth-order valence-electron chi connectivity index (χ4n) is 0.817. The molecule has 0 unspecified atom stereocenters. The van der Waals surface area contributed by atoms with Crippen LogP contribution < -0.4 is 5.32 Å². The highest BCUT2D eigenvalue weighted by atomic mass is 15.1. The highest BCUT2D eigenvalue weighted by Crippen LogP contribution is 1.90. The third kappa shape index (κ3) is 6.38. The second-order valence-electron chi connectivity index (χ2n) is 3.35. The summed E-state index contributed by atoms with van der Waals surface area (Å²) in [5.41, 5.74) is 0. The molecule has 0 saturated heterocycles. The molecule has 0 radical (unpaired) electrons. The lowest BCUT2D eigenvalue weighted by Gasteiger charge is -2.20. The molecule has 72 valence electrons. The molecule has 0 fully saturated rings. The molecule has 2 nitrogen and oxygen atoms in total. The van der Waals surface area contributed by atoms with Crippen molar-refractivity contribution < 1.29 is 0 Å². The summed E-state index contributed by atoms with van der Waals surface area (Å²) < 4.78 is 0. The molecule has 0 aromatic carbocycles. The quantitative estimate of drug-likeness (QED) is 0.480. The van der Waals surface area contributed by atoms with E-state index in [0.29, 0.717) is 6.04 Å². The molecule has 0 aromatic heterocycles. The van der Waals surface area contributed by atoms with Gasteiger partial charge in [0.25, 0.3) is 0 Å². The van der Waals surface area contributed by atoms with Crippen LogP contribution >= 0.6 is 0 Å². The highest BCUT2D eigenvalue weighted by molar-refractivity contribution is 4.79. The molecular formula is C10H22N2. The van der Waals surface area contributed by atoms with Gasteiger partial charge in [-0.05, 0) is 27.8 Å². The topological polar surface area (TPSA) is 15.3 Å². The third-order valence-corrected chi connectivity index (χ3v) is 2.02. The zero-order chi connectivity index (χ0) is 9.40. The third-order valence-electron chi connectivity index (χ3n) is 2.02. The van der Waals surface area contributed by atoms with E-state index < -0.39 is 0 Å². The largest absolute Gasteiger partial charge is 0.312 e. The molecule has 0 amide bonds. The standard InChI is InChI=1S/C10H22N2/c1-5-6-7-11-8-9-12(4)10(2)3/h5-6,10-11H,7-9H2,1-4H3/b6-5+. The van der Waals surface area contributed by atoms with Crippen molar-refractivity contribution in [3.05, 3.63) is 12.2 Å². The average Bonchev–Trinajstić information content (AvgIpc) is 2.03. The molecule has 0 aromatic rings. The van der Waals surface area contributed by atoms with Gasteiger partial charge in [-0.15, -0.1) is 0 Å². The molecule has 0 aliphatic heterocycles. The van der Waals surface area contributed by atoms with Crippen molar-refractivity contribution in [2.45, 2.75) is 26.8 Å². The Hall–Kier alpha value is -0.340. The second-order valence-corrected chi connectivity index (χ2v) is 3.35. The van der Waals surface area contributed by atoms with E-state index in [-0.39, 0.29) is 0 Å². The number of allylic oxidation sites excluding steroid dienone is 1. The molecule has 0 aliphatic carbocycles. The molecule has 0 saturated carbocycles. The van der Waals surface area contributed by atoms with E-state index >= 15 is 0 Å². The van der Waals surface area contributed by atoms with Gasteiger partial charge in [-0.3, -0.25) is 0 Å². The molecule has 0 spiro atoms. The van der Waals surface area contributed by atoms with E-state index in [4.69, 9.17) is 0 Å². The maximum atomic E-state index is 3.34. The van der Waals surface area contributed by atoms with Crippen LogP contribution in [-0.2, 0) is 0 Å². The van der Waals surface area contributed by atoms with Gasteiger partial charge >= 0.3 is 0 Å². The lowest BCUT2D eigenvalue weighted by molar-refractivity contribution is 0.275. The number of hydrogen-bond acceptors (Lipinski definition) is 2. The Balaban J connectivity index is 3.19. The summed E-state index contributed by atoms with van der Waals surface area (Å²) in [6.07, 6.45) is 4.20. The Morgan fingerprint density at radius 2 is 2.08 bits per heavy atom. The van der Waals surface area contributed by atoms with Crippen LogP contribution in [0.2, 0.25) is 0 Å². The predicted octanol–water partition coefficient (Wildman–Crippen LogP) is 1.49. The van der Waals surface area contributed by atoms with Gasteiger partial charge in [0.2, 0.25) is 0 Å². The van der Waals surface area contributed by atoms with Crippen LogP contribution in [0.4, 0.5) is 0 Å². The maximum Gasteiger partial charge on any atom is 0.0135 e. The number of rotatable bonds is 6. The molecule has 0 heterocycles. The van der Waals surface area contributed by atoms with Crippen molar-refractivity contribution in [2.75, 3.05) is 26.7 Å². The molecule has 2 heteroatoms. The van der Waals surface area contributed by atoms with E-state index in [1.54, 1.807) is 0 Å². The van der Waals surface area contributed by atoms with Crippen molar-refractivity contribution in [3.8, 4) is 0 Å². The summed E-state index contributed by atoms with van der Waals surface area (Å²) in [4.78, 5) is 2.34. The van der Waals surface area contributed by atoms with E-state index in [9.17, 15) is 0 Å². The summed E-state index contributed by atoms with van der Waals surface area (Å²) in [6, 6.07) is 0.647. The Labute approximate surface area is 76.6 Å². The highest BCUT2D eigenvalue weighted by Gasteiger charge is 2.00. The summed E-state index contributed by atoms with van der Waals surface area (Å²) in [5.74, 6) is 0. The minimum Gasteiger partial charge on any atom is -0.312 e. The lowest BCUT2D eigenvalue weighted by Crippen LogP contribution is -2.33. The molecule has 0 rings (SSSR count). The summed E-state index contributed by atoms with van der Waals surface area (Å²) in [7, 11) is 2.15. The molecule has 0 aliphatic rings. The van der Waals surface area contributed by atoms with E-state index in [1.807, 2.05) is 6.92 Å². The Morgan fingerprint density at radius 3 is 2.58 bits per heavy atom. The molecular weight excluding hydrogens is 148 g/mol. The molecule has 12 heavy (non-hydrogen) atoms. The van der Waals surface area contributed by atoms with Crippen molar-refractivity contribution in [1.29, 1.82) is 0 Å². The van der Waals surface area contributed by atoms with Gasteiger partial charge in [0.15, 0.2) is 0 Å². The maximum absolute atomic E-state index is 3.34. The van der Waals surface area contributed by atoms with Gasteiger partial charge in [0.1, 0.15) is 0 Å². The lowest BCUT2D eigenvalue weighted by atomic mass is 10.3. The zero-order valence-electron chi connectivity index (χ0n) is 8.80. The van der Waals surface area contributed by atoms with Crippen LogP contribution in [0.3, 0.4) is 0 Å². The predicted molar refractivity (Wildman–Crippen MR) is 55.4 cm³/mol. The first kappa shape index (κ1) is 11.7. The first-order chi connectivity index (χ1) is 5.68. The van der Waals surface area contributed by atoms with Crippen LogP contribution in [0.5, 0.6) is 0 Å². The van der Waals surface area contributed by atoms with Gasteiger partial charge in [-0.2, -0.15) is 0 Å². The summed E-state index contributed by atoms with van der Waals surface area (Å²) in [6.45, 7) is 9.65. The van der Waals surface area contributed by atoms with Crippen molar-refractivity contribution in [2.24, 2.45) is 0 Å². The van der Waals surface area contributed by atoms with Crippen LogP contribution in [0.25, 0.3) is 0 Å². The van der Waals surface area contributed by atoms with Gasteiger partial charge < -0.3 is 10.2 Å². The number of hydrogen-bond donors (Lipinski definition) is 1. The molecule has 1 N–H and O–H groups in total. The smallest absolute Gasteiger partial charge is 0.0135 e. The van der Waals surface area contributed by atoms with E-state index in [2.05, 4.69) is 43.3 Å². The summed E-state index contributed by atoms with van der Waals surface area (Å²) in [5, 5.41) is 3.34. The van der Waals surface area contributed by atoms with Crippen LogP contribution in [0, 0.1) is 0 Å². The monoisotopic (exact) mass is 170 g/mol. The Morgan fingerprint density at radius 1 is 1.42 bits per heavy atom. The second kappa shape index (κ2) is 7.32. The Kier molecular flexibility index (Phi) is 7.11. The van der Waals surface area contributed by atoms with E-state index in [1.165, 1.54) is 0 Å². The SMILES string of the molecule is C/C=C/CNCCN(C)C(C)C. The molecule has 0 atom stereocenters. The van der Waals surface area contributed by atoms with Crippen LogP contribution in [0.15, 0.2) is 12.2 Å². The fraction of sp³-hybridized carbons (Fsp3) is 0.800. The number of nitrogens with one attached hydrogen (secondary N) is 1. The van der Waals surface area contributed by atoms with Crippen molar-refractivity contribution in [3.63, 3.8) is 0 Å². The fourth-order valence-corrected chi connectivity index (χ4v) is 0.817. The summed E-state index contributed by atoms with van der Waals surface area (Å²) >= 11 is 0. The van der Waals surface area contributed by atoms with Crippen LogP contribution in [0.1, 0.15) is 20.8 Å². The Bertz CT molecular complexity index is 119. The number of nitrogens with zero attached hydrogens (tertiary/aromatic N) is 1. The molecule has 0 bridgehead atoms. The normalized spacial score (nSPS) is 12.2.